The van der Waals surface area contributed by atoms with Gasteiger partial charge in [-0.3, -0.25) is 0 Å². The summed E-state index contributed by atoms with van der Waals surface area (Å²) in [7, 11) is 0. The van der Waals surface area contributed by atoms with Gasteiger partial charge < -0.3 is 10.4 Å². The lowest BCUT2D eigenvalue weighted by Gasteiger charge is -2.33. The van der Waals surface area contributed by atoms with Crippen LogP contribution < -0.4 is 5.32 Å². The average Bonchev–Trinajstić information content (AvgIpc) is 2.42. The fraction of sp³-hybridized carbons (Fsp3) is 0.600. The van der Waals surface area contributed by atoms with Crippen molar-refractivity contribution in [3.05, 3.63) is 33.8 Å². The van der Waals surface area contributed by atoms with E-state index in [1.165, 1.54) is 12.8 Å². The van der Waals surface area contributed by atoms with Crippen LogP contribution in [0.5, 0.6) is 0 Å². The maximum Gasteiger partial charge on any atom is 0.0639 e. The first kappa shape index (κ1) is 15.1. The molecule has 0 heterocycles. The minimum atomic E-state index is 0.142. The molecule has 2 nitrogen and oxygen atoms in total. The first-order valence-corrected chi connectivity index (χ1v) is 7.70. The van der Waals surface area contributed by atoms with E-state index in [9.17, 15) is 5.11 Å². The van der Waals surface area contributed by atoms with Crippen molar-refractivity contribution in [2.45, 2.75) is 44.7 Å². The van der Waals surface area contributed by atoms with Crippen molar-refractivity contribution in [3.63, 3.8) is 0 Å². The number of rotatable bonds is 4. The molecule has 1 fully saturated rings. The molecular weight excluding hydrogens is 281 g/mol. The van der Waals surface area contributed by atoms with E-state index in [-0.39, 0.29) is 12.6 Å². The third-order valence-electron chi connectivity index (χ3n) is 4.06. The molecular formula is C15H21Cl2NO. The van der Waals surface area contributed by atoms with Gasteiger partial charge in [0.15, 0.2) is 0 Å². The third kappa shape index (κ3) is 3.63. The Bertz CT molecular complexity index is 425. The highest BCUT2D eigenvalue weighted by Gasteiger charge is 2.26. The second-order valence-corrected chi connectivity index (χ2v) is 6.15. The molecule has 3 atom stereocenters. The number of hydrogen-bond donors (Lipinski definition) is 2. The largest absolute Gasteiger partial charge is 0.396 e. The van der Waals surface area contributed by atoms with Crippen LogP contribution in [0.4, 0.5) is 0 Å². The van der Waals surface area contributed by atoms with Gasteiger partial charge in [-0.25, -0.2) is 0 Å². The summed E-state index contributed by atoms with van der Waals surface area (Å²) >= 11 is 12.3. The number of nitrogens with one attached hydrogen (secondary N) is 1. The van der Waals surface area contributed by atoms with Gasteiger partial charge in [-0.05, 0) is 37.3 Å². The van der Waals surface area contributed by atoms with Crippen LogP contribution >= 0.6 is 23.2 Å². The van der Waals surface area contributed by atoms with Gasteiger partial charge in [-0.15, -0.1) is 0 Å². The molecule has 0 saturated heterocycles. The quantitative estimate of drug-likeness (QED) is 0.874. The molecule has 1 aliphatic carbocycles. The molecule has 0 radical (unpaired) electrons. The SMILES string of the molecule is CC(NC1CCCCC1CO)c1cccc(Cl)c1Cl. The van der Waals surface area contributed by atoms with Gasteiger partial charge in [0.05, 0.1) is 10.0 Å². The summed E-state index contributed by atoms with van der Waals surface area (Å²) in [5.74, 6) is 0.356. The van der Waals surface area contributed by atoms with Crippen molar-refractivity contribution < 1.29 is 5.11 Å². The van der Waals surface area contributed by atoms with Gasteiger partial charge in [0, 0.05) is 18.7 Å². The van der Waals surface area contributed by atoms with Crippen LogP contribution in [-0.2, 0) is 0 Å². The summed E-state index contributed by atoms with van der Waals surface area (Å²) in [5.41, 5.74) is 1.02. The second-order valence-electron chi connectivity index (χ2n) is 5.37. The van der Waals surface area contributed by atoms with E-state index < -0.39 is 0 Å². The minimum Gasteiger partial charge on any atom is -0.396 e. The number of hydrogen-bond acceptors (Lipinski definition) is 2. The summed E-state index contributed by atoms with van der Waals surface area (Å²) in [5, 5.41) is 14.3. The molecule has 0 bridgehead atoms. The van der Waals surface area contributed by atoms with Crippen molar-refractivity contribution in [2.75, 3.05) is 6.61 Å². The van der Waals surface area contributed by atoms with Gasteiger partial charge in [0.25, 0.3) is 0 Å². The zero-order chi connectivity index (χ0) is 13.8. The van der Waals surface area contributed by atoms with E-state index in [4.69, 9.17) is 23.2 Å². The van der Waals surface area contributed by atoms with E-state index >= 15 is 0 Å². The van der Waals surface area contributed by atoms with Crippen LogP contribution in [0.25, 0.3) is 0 Å². The maximum atomic E-state index is 9.46. The van der Waals surface area contributed by atoms with Gasteiger partial charge in [0.2, 0.25) is 0 Å². The molecule has 4 heteroatoms. The van der Waals surface area contributed by atoms with Crippen LogP contribution in [0.15, 0.2) is 18.2 Å². The smallest absolute Gasteiger partial charge is 0.0639 e. The van der Waals surface area contributed by atoms with Crippen LogP contribution in [0, 0.1) is 5.92 Å². The van der Waals surface area contributed by atoms with Crippen molar-refractivity contribution in [1.29, 1.82) is 0 Å². The van der Waals surface area contributed by atoms with Gasteiger partial charge in [-0.2, -0.15) is 0 Å². The molecule has 2 rings (SSSR count). The van der Waals surface area contributed by atoms with Crippen molar-refractivity contribution >= 4 is 23.2 Å². The standard InChI is InChI=1S/C15H21Cl2NO/c1-10(12-6-4-7-13(16)15(12)17)18-14-8-3-2-5-11(14)9-19/h4,6-7,10-11,14,18-19H,2-3,5,8-9H2,1H3. The van der Waals surface area contributed by atoms with Crippen LogP contribution in [-0.4, -0.2) is 17.8 Å². The summed E-state index contributed by atoms with van der Waals surface area (Å²) < 4.78 is 0. The van der Waals surface area contributed by atoms with Crippen molar-refractivity contribution in [3.8, 4) is 0 Å². The first-order valence-electron chi connectivity index (χ1n) is 6.94. The van der Waals surface area contributed by atoms with E-state index in [2.05, 4.69) is 12.2 Å². The van der Waals surface area contributed by atoms with Crippen molar-refractivity contribution in [1.82, 2.24) is 5.32 Å². The molecule has 1 aliphatic rings. The van der Waals surface area contributed by atoms with Crippen molar-refractivity contribution in [2.24, 2.45) is 5.92 Å². The van der Waals surface area contributed by atoms with Gasteiger partial charge in [-0.1, -0.05) is 48.2 Å². The summed E-state index contributed by atoms with van der Waals surface area (Å²) in [6.07, 6.45) is 4.66. The predicted octanol–water partition coefficient (Wildman–Crippen LogP) is 4.20. The molecule has 3 unspecified atom stereocenters. The normalized spacial score (nSPS) is 25.3. The molecule has 2 N–H and O–H groups in total. The first-order chi connectivity index (χ1) is 9.13. The minimum absolute atomic E-state index is 0.142. The molecule has 0 aromatic heterocycles. The van der Waals surface area contributed by atoms with E-state index in [0.29, 0.717) is 22.0 Å². The summed E-state index contributed by atoms with van der Waals surface area (Å²) in [6, 6.07) is 6.23. The number of halogens is 2. The highest BCUT2D eigenvalue weighted by Crippen LogP contribution is 2.32. The highest BCUT2D eigenvalue weighted by molar-refractivity contribution is 6.42. The maximum absolute atomic E-state index is 9.46. The predicted molar refractivity (Wildman–Crippen MR) is 80.8 cm³/mol. The van der Waals surface area contributed by atoms with E-state index in [1.54, 1.807) is 6.07 Å². The Labute approximate surface area is 125 Å². The van der Waals surface area contributed by atoms with Gasteiger partial charge >= 0.3 is 0 Å². The Hall–Kier alpha value is -0.280. The molecule has 1 saturated carbocycles. The Morgan fingerprint density at radius 2 is 2.05 bits per heavy atom. The zero-order valence-electron chi connectivity index (χ0n) is 11.2. The lowest BCUT2D eigenvalue weighted by Crippen LogP contribution is -2.41. The number of benzene rings is 1. The summed E-state index contributed by atoms with van der Waals surface area (Å²) in [4.78, 5) is 0. The molecule has 0 spiro atoms. The van der Waals surface area contributed by atoms with Crippen LogP contribution in [0.1, 0.15) is 44.2 Å². The van der Waals surface area contributed by atoms with E-state index in [1.807, 2.05) is 12.1 Å². The fourth-order valence-corrected chi connectivity index (χ4v) is 3.38. The topological polar surface area (TPSA) is 32.3 Å². The molecule has 1 aromatic carbocycles. The zero-order valence-corrected chi connectivity index (χ0v) is 12.7. The number of aliphatic hydroxyl groups is 1. The highest BCUT2D eigenvalue weighted by atomic mass is 35.5. The lowest BCUT2D eigenvalue weighted by molar-refractivity contribution is 0.147. The lowest BCUT2D eigenvalue weighted by atomic mass is 9.84. The Kier molecular flexibility index (Phi) is 5.52. The molecule has 19 heavy (non-hydrogen) atoms. The van der Waals surface area contributed by atoms with E-state index in [0.717, 1.165) is 18.4 Å². The summed E-state index contributed by atoms with van der Waals surface area (Å²) in [6.45, 7) is 2.36. The van der Waals surface area contributed by atoms with Crippen LogP contribution in [0.2, 0.25) is 10.0 Å². The monoisotopic (exact) mass is 301 g/mol. The molecule has 0 aliphatic heterocycles. The molecule has 106 valence electrons. The molecule has 1 aromatic rings. The Morgan fingerprint density at radius 1 is 1.32 bits per heavy atom. The number of aliphatic hydroxyl groups excluding tert-OH is 1. The third-order valence-corrected chi connectivity index (χ3v) is 4.89. The fourth-order valence-electron chi connectivity index (χ4n) is 2.91. The Morgan fingerprint density at radius 3 is 2.79 bits per heavy atom. The average molecular weight is 302 g/mol. The Balaban J connectivity index is 2.07. The van der Waals surface area contributed by atoms with Crippen LogP contribution in [0.3, 0.4) is 0 Å². The second kappa shape index (κ2) is 6.94. The van der Waals surface area contributed by atoms with Gasteiger partial charge in [0.1, 0.15) is 0 Å². The molecule has 0 amide bonds.